The number of ether oxygens (including phenoxy) is 1. The first-order valence-corrected chi connectivity index (χ1v) is 6.51. The molecule has 0 aliphatic carbocycles. The van der Waals surface area contributed by atoms with Gasteiger partial charge in [-0.1, -0.05) is 13.8 Å². The maximum absolute atomic E-state index is 8.91. The molecule has 3 nitrogen and oxygen atoms in total. The van der Waals surface area contributed by atoms with E-state index < -0.39 is 0 Å². The lowest BCUT2D eigenvalue weighted by Crippen LogP contribution is -2.20. The van der Waals surface area contributed by atoms with E-state index in [-0.39, 0.29) is 6.61 Å². The zero-order valence-electron chi connectivity index (χ0n) is 12.2. The second-order valence-electron chi connectivity index (χ2n) is 5.03. The van der Waals surface area contributed by atoms with Gasteiger partial charge >= 0.3 is 0 Å². The van der Waals surface area contributed by atoms with Gasteiger partial charge in [0, 0.05) is 25.9 Å². The van der Waals surface area contributed by atoms with Crippen LogP contribution >= 0.6 is 0 Å². The van der Waals surface area contributed by atoms with E-state index in [1.165, 1.54) is 16.8 Å². The molecule has 0 aromatic heterocycles. The van der Waals surface area contributed by atoms with E-state index in [4.69, 9.17) is 9.84 Å². The van der Waals surface area contributed by atoms with Gasteiger partial charge in [-0.05, 0) is 42.5 Å². The molecule has 0 bridgehead atoms. The number of rotatable bonds is 6. The van der Waals surface area contributed by atoms with Gasteiger partial charge in [-0.15, -0.1) is 0 Å². The van der Waals surface area contributed by atoms with Gasteiger partial charge in [0.1, 0.15) is 5.75 Å². The molecule has 0 saturated carbocycles. The summed E-state index contributed by atoms with van der Waals surface area (Å²) in [4.78, 5) is 2.19. The highest BCUT2D eigenvalue weighted by Gasteiger charge is 2.13. The lowest BCUT2D eigenvalue weighted by molar-refractivity contribution is 0.290. The predicted molar refractivity (Wildman–Crippen MR) is 76.8 cm³/mol. The molecule has 0 fully saturated rings. The molecule has 1 N–H and O–H groups in total. The van der Waals surface area contributed by atoms with Crippen molar-refractivity contribution in [3.05, 3.63) is 23.3 Å². The number of nitrogens with zero attached hydrogens (tertiary/aromatic N) is 1. The number of aliphatic hydroxyl groups is 1. The Morgan fingerprint density at radius 1 is 1.33 bits per heavy atom. The fraction of sp³-hybridized carbons (Fsp3) is 0.600. The highest BCUT2D eigenvalue weighted by molar-refractivity contribution is 5.59. The summed E-state index contributed by atoms with van der Waals surface area (Å²) in [6.07, 6.45) is 0.791. The van der Waals surface area contributed by atoms with Gasteiger partial charge in [0.25, 0.3) is 0 Å². The smallest absolute Gasteiger partial charge is 0.122 e. The summed E-state index contributed by atoms with van der Waals surface area (Å²) in [5.41, 5.74) is 3.65. The number of hydrogen-bond donors (Lipinski definition) is 1. The number of methoxy groups -OCH3 is 1. The topological polar surface area (TPSA) is 32.7 Å². The van der Waals surface area contributed by atoms with Gasteiger partial charge in [0.2, 0.25) is 0 Å². The average molecular weight is 251 g/mol. The Kier molecular flexibility index (Phi) is 5.48. The standard InChI is InChI=1S/C15H25NO2/c1-11(2)13-10-14(16(4)7-6-8-17)12(3)9-15(13)18-5/h9-11,17H,6-8H2,1-5H3. The Labute approximate surface area is 110 Å². The summed E-state index contributed by atoms with van der Waals surface area (Å²) in [5, 5.41) is 8.91. The van der Waals surface area contributed by atoms with Crippen LogP contribution in [0.4, 0.5) is 5.69 Å². The summed E-state index contributed by atoms with van der Waals surface area (Å²) in [6, 6.07) is 4.30. The summed E-state index contributed by atoms with van der Waals surface area (Å²) < 4.78 is 5.44. The average Bonchev–Trinajstić information content (AvgIpc) is 2.34. The minimum absolute atomic E-state index is 0.233. The molecule has 0 spiro atoms. The Hall–Kier alpha value is -1.22. The number of anilines is 1. The van der Waals surface area contributed by atoms with Crippen molar-refractivity contribution in [3.63, 3.8) is 0 Å². The first kappa shape index (κ1) is 14.8. The van der Waals surface area contributed by atoms with E-state index >= 15 is 0 Å². The predicted octanol–water partition coefficient (Wildman–Crippen LogP) is 2.95. The summed E-state index contributed by atoms with van der Waals surface area (Å²) in [5.74, 6) is 1.40. The lowest BCUT2D eigenvalue weighted by Gasteiger charge is -2.24. The largest absolute Gasteiger partial charge is 0.496 e. The third-order valence-electron chi connectivity index (χ3n) is 3.23. The van der Waals surface area contributed by atoms with Crippen molar-refractivity contribution in [2.75, 3.05) is 32.2 Å². The molecule has 102 valence electrons. The van der Waals surface area contributed by atoms with Gasteiger partial charge in [-0.3, -0.25) is 0 Å². The van der Waals surface area contributed by atoms with Crippen LogP contribution in [0.15, 0.2) is 12.1 Å². The third-order valence-corrected chi connectivity index (χ3v) is 3.23. The van der Waals surface area contributed by atoms with Crippen LogP contribution in [0.1, 0.15) is 37.3 Å². The molecule has 1 rings (SSSR count). The molecule has 0 unspecified atom stereocenters. The first-order valence-electron chi connectivity index (χ1n) is 6.51. The van der Waals surface area contributed by atoms with Gasteiger partial charge in [0.05, 0.1) is 7.11 Å². The van der Waals surface area contributed by atoms with Crippen molar-refractivity contribution in [1.29, 1.82) is 0 Å². The van der Waals surface area contributed by atoms with Gasteiger partial charge in [-0.2, -0.15) is 0 Å². The minimum atomic E-state index is 0.233. The van der Waals surface area contributed by atoms with Gasteiger partial charge < -0.3 is 14.7 Å². The highest BCUT2D eigenvalue weighted by atomic mass is 16.5. The Morgan fingerprint density at radius 3 is 2.50 bits per heavy atom. The SMILES string of the molecule is COc1cc(C)c(N(C)CCCO)cc1C(C)C. The van der Waals surface area contributed by atoms with Crippen LogP contribution < -0.4 is 9.64 Å². The van der Waals surface area contributed by atoms with Crippen molar-refractivity contribution in [3.8, 4) is 5.75 Å². The molecule has 3 heteroatoms. The molecule has 1 aromatic carbocycles. The van der Waals surface area contributed by atoms with E-state index in [1.54, 1.807) is 7.11 Å². The van der Waals surface area contributed by atoms with Crippen LogP contribution in [0.5, 0.6) is 5.75 Å². The molecular weight excluding hydrogens is 226 g/mol. The number of benzene rings is 1. The van der Waals surface area contributed by atoms with Crippen LogP contribution in [0.25, 0.3) is 0 Å². The van der Waals surface area contributed by atoms with E-state index in [0.717, 1.165) is 18.7 Å². The maximum Gasteiger partial charge on any atom is 0.122 e. The van der Waals surface area contributed by atoms with Crippen LogP contribution in [0, 0.1) is 6.92 Å². The molecule has 0 radical (unpaired) electrons. The Balaban J connectivity index is 3.08. The van der Waals surface area contributed by atoms with Crippen molar-refractivity contribution in [2.45, 2.75) is 33.1 Å². The van der Waals surface area contributed by atoms with Crippen molar-refractivity contribution < 1.29 is 9.84 Å². The molecular formula is C15H25NO2. The van der Waals surface area contributed by atoms with Crippen LogP contribution in [0.3, 0.4) is 0 Å². The second-order valence-corrected chi connectivity index (χ2v) is 5.03. The van der Waals surface area contributed by atoms with Crippen LogP contribution in [-0.4, -0.2) is 32.4 Å². The van der Waals surface area contributed by atoms with Crippen LogP contribution in [-0.2, 0) is 0 Å². The molecule has 0 saturated heterocycles. The monoisotopic (exact) mass is 251 g/mol. The molecule has 0 heterocycles. The molecule has 0 atom stereocenters. The molecule has 18 heavy (non-hydrogen) atoms. The molecule has 0 amide bonds. The van der Waals surface area contributed by atoms with E-state index in [9.17, 15) is 0 Å². The number of aryl methyl sites for hydroxylation is 1. The Morgan fingerprint density at radius 2 is 2.00 bits per heavy atom. The van der Waals surface area contributed by atoms with Crippen molar-refractivity contribution in [2.24, 2.45) is 0 Å². The second kappa shape index (κ2) is 6.64. The number of aliphatic hydroxyl groups excluding tert-OH is 1. The van der Waals surface area contributed by atoms with Crippen molar-refractivity contribution in [1.82, 2.24) is 0 Å². The van der Waals surface area contributed by atoms with E-state index in [1.807, 2.05) is 0 Å². The quantitative estimate of drug-likeness (QED) is 0.843. The number of hydrogen-bond acceptors (Lipinski definition) is 3. The third kappa shape index (κ3) is 3.39. The van der Waals surface area contributed by atoms with Gasteiger partial charge in [-0.25, -0.2) is 0 Å². The lowest BCUT2D eigenvalue weighted by atomic mass is 9.98. The summed E-state index contributed by atoms with van der Waals surface area (Å²) in [7, 11) is 3.78. The minimum Gasteiger partial charge on any atom is -0.496 e. The maximum atomic E-state index is 8.91. The normalized spacial score (nSPS) is 10.8. The zero-order chi connectivity index (χ0) is 13.7. The summed E-state index contributed by atoms with van der Waals surface area (Å²) in [6.45, 7) is 7.53. The highest BCUT2D eigenvalue weighted by Crippen LogP contribution is 2.33. The fourth-order valence-corrected chi connectivity index (χ4v) is 2.15. The van der Waals surface area contributed by atoms with Crippen molar-refractivity contribution >= 4 is 5.69 Å². The first-order chi connectivity index (χ1) is 8.51. The summed E-state index contributed by atoms with van der Waals surface area (Å²) >= 11 is 0. The Bertz CT molecular complexity index is 388. The van der Waals surface area contributed by atoms with E-state index in [2.05, 4.69) is 44.9 Å². The fourth-order valence-electron chi connectivity index (χ4n) is 2.15. The zero-order valence-corrected chi connectivity index (χ0v) is 12.2. The van der Waals surface area contributed by atoms with Crippen LogP contribution in [0.2, 0.25) is 0 Å². The van der Waals surface area contributed by atoms with E-state index in [0.29, 0.717) is 5.92 Å². The van der Waals surface area contributed by atoms with Gasteiger partial charge in [0.15, 0.2) is 0 Å². The molecule has 1 aromatic rings. The molecule has 0 aliphatic rings. The molecule has 0 aliphatic heterocycles.